The molecule has 0 spiro atoms. The molecule has 5 nitrogen and oxygen atoms in total. The van der Waals surface area contributed by atoms with Gasteiger partial charge in [0.2, 0.25) is 5.76 Å². The predicted octanol–water partition coefficient (Wildman–Crippen LogP) is 4.24. The second kappa shape index (κ2) is 6.19. The van der Waals surface area contributed by atoms with Crippen LogP contribution in [0.15, 0.2) is 33.4 Å². The van der Waals surface area contributed by atoms with Crippen molar-refractivity contribution in [1.29, 1.82) is 0 Å². The maximum atomic E-state index is 12.8. The maximum absolute atomic E-state index is 12.8. The first-order valence-electron chi connectivity index (χ1n) is 6.87. The zero-order valence-electron chi connectivity index (χ0n) is 12.4. The summed E-state index contributed by atoms with van der Waals surface area (Å²) in [6.45, 7) is 3.15. The molecule has 3 aromatic rings. The molecule has 1 aromatic carbocycles. The normalized spacial score (nSPS) is 11.4. The van der Waals surface area contributed by atoms with Crippen molar-refractivity contribution in [1.82, 2.24) is 19.9 Å². The van der Waals surface area contributed by atoms with Crippen LogP contribution in [-0.2, 0) is 6.54 Å². The lowest BCUT2D eigenvalue weighted by molar-refractivity contribution is 0.122. The quantitative estimate of drug-likeness (QED) is 0.676. The van der Waals surface area contributed by atoms with Crippen LogP contribution < -0.4 is 0 Å². The van der Waals surface area contributed by atoms with Crippen molar-refractivity contribution in [3.8, 4) is 23.0 Å². The molecule has 0 saturated heterocycles. The van der Waals surface area contributed by atoms with E-state index in [0.717, 1.165) is 20.3 Å². The molecular weight excluding hydrogens is 370 g/mol. The highest BCUT2D eigenvalue weighted by Gasteiger charge is 2.21. The molecule has 3 rings (SSSR count). The SMILES string of the molecule is Cc1cc(-c2nc(-c3oncc3C)n(CC(F)F)n2)ccc1Br. The third-order valence-corrected chi connectivity index (χ3v) is 4.24. The van der Waals surface area contributed by atoms with Crippen molar-refractivity contribution in [3.63, 3.8) is 0 Å². The van der Waals surface area contributed by atoms with Gasteiger partial charge in [-0.2, -0.15) is 5.10 Å². The number of nitrogens with zero attached hydrogens (tertiary/aromatic N) is 4. The fourth-order valence-electron chi connectivity index (χ4n) is 2.18. The Balaban J connectivity index is 2.10. The average molecular weight is 383 g/mol. The third-order valence-electron chi connectivity index (χ3n) is 3.35. The first kappa shape index (κ1) is 15.8. The number of halogens is 3. The van der Waals surface area contributed by atoms with Gasteiger partial charge in [-0.15, -0.1) is 0 Å². The van der Waals surface area contributed by atoms with Gasteiger partial charge in [0.05, 0.1) is 6.20 Å². The number of hydrogen-bond donors (Lipinski definition) is 0. The number of aromatic nitrogens is 4. The molecule has 120 valence electrons. The average Bonchev–Trinajstić information content (AvgIpc) is 3.07. The van der Waals surface area contributed by atoms with E-state index in [1.165, 1.54) is 6.20 Å². The number of hydrogen-bond acceptors (Lipinski definition) is 4. The Morgan fingerprint density at radius 1 is 1.26 bits per heavy atom. The van der Waals surface area contributed by atoms with Crippen LogP contribution in [0.1, 0.15) is 11.1 Å². The van der Waals surface area contributed by atoms with Gasteiger partial charge in [-0.05, 0) is 37.6 Å². The Morgan fingerprint density at radius 2 is 2.04 bits per heavy atom. The molecule has 0 aliphatic heterocycles. The van der Waals surface area contributed by atoms with E-state index in [4.69, 9.17) is 4.52 Å². The molecule has 0 N–H and O–H groups in total. The molecule has 0 aliphatic rings. The largest absolute Gasteiger partial charge is 0.353 e. The van der Waals surface area contributed by atoms with E-state index >= 15 is 0 Å². The summed E-state index contributed by atoms with van der Waals surface area (Å²) in [6.07, 6.45) is -1.03. The van der Waals surface area contributed by atoms with Crippen LogP contribution in [0.5, 0.6) is 0 Å². The molecule has 0 aliphatic carbocycles. The zero-order valence-corrected chi connectivity index (χ0v) is 14.0. The first-order chi connectivity index (χ1) is 11.0. The molecular formula is C15H13BrF2N4O. The van der Waals surface area contributed by atoms with E-state index in [-0.39, 0.29) is 5.82 Å². The van der Waals surface area contributed by atoms with Crippen molar-refractivity contribution < 1.29 is 13.3 Å². The number of benzene rings is 1. The Hall–Kier alpha value is -2.09. The van der Waals surface area contributed by atoms with Gasteiger partial charge >= 0.3 is 0 Å². The van der Waals surface area contributed by atoms with Crippen molar-refractivity contribution in [2.75, 3.05) is 0 Å². The molecule has 2 aromatic heterocycles. The van der Waals surface area contributed by atoms with Gasteiger partial charge in [0.1, 0.15) is 6.54 Å². The second-order valence-corrected chi connectivity index (χ2v) is 5.99. The van der Waals surface area contributed by atoms with Crippen LogP contribution in [0.3, 0.4) is 0 Å². The fourth-order valence-corrected chi connectivity index (χ4v) is 2.43. The second-order valence-electron chi connectivity index (χ2n) is 5.13. The summed E-state index contributed by atoms with van der Waals surface area (Å²) in [4.78, 5) is 4.38. The smallest absolute Gasteiger partial charge is 0.258 e. The van der Waals surface area contributed by atoms with Gasteiger partial charge in [0.25, 0.3) is 6.43 Å². The van der Waals surface area contributed by atoms with Gasteiger partial charge in [-0.3, -0.25) is 0 Å². The lowest BCUT2D eigenvalue weighted by Gasteiger charge is -2.02. The molecule has 8 heteroatoms. The maximum Gasteiger partial charge on any atom is 0.258 e. The Bertz CT molecular complexity index is 844. The van der Waals surface area contributed by atoms with E-state index in [0.29, 0.717) is 17.1 Å². The highest BCUT2D eigenvalue weighted by atomic mass is 79.9. The summed E-state index contributed by atoms with van der Waals surface area (Å²) in [5, 5.41) is 7.89. The first-order valence-corrected chi connectivity index (χ1v) is 7.66. The van der Waals surface area contributed by atoms with E-state index in [1.807, 2.05) is 25.1 Å². The van der Waals surface area contributed by atoms with Crippen molar-refractivity contribution in [2.24, 2.45) is 0 Å². The number of rotatable bonds is 4. The van der Waals surface area contributed by atoms with Crippen LogP contribution in [0.25, 0.3) is 23.0 Å². The van der Waals surface area contributed by atoms with Gasteiger partial charge in [-0.25, -0.2) is 18.4 Å². The monoisotopic (exact) mass is 382 g/mol. The summed E-state index contributed by atoms with van der Waals surface area (Å²) < 4.78 is 32.9. The highest BCUT2D eigenvalue weighted by Crippen LogP contribution is 2.27. The van der Waals surface area contributed by atoms with E-state index < -0.39 is 13.0 Å². The Labute approximate surface area is 139 Å². The Kier molecular flexibility index (Phi) is 4.25. The van der Waals surface area contributed by atoms with Gasteiger partial charge < -0.3 is 4.52 Å². The minimum Gasteiger partial charge on any atom is -0.353 e. The minimum atomic E-state index is -2.54. The summed E-state index contributed by atoms with van der Waals surface area (Å²) in [5.41, 5.74) is 2.47. The topological polar surface area (TPSA) is 56.7 Å². The molecule has 0 saturated carbocycles. The summed E-state index contributed by atoms with van der Waals surface area (Å²) in [6, 6.07) is 5.59. The highest BCUT2D eigenvalue weighted by molar-refractivity contribution is 9.10. The summed E-state index contributed by atoms with van der Waals surface area (Å²) >= 11 is 3.43. The summed E-state index contributed by atoms with van der Waals surface area (Å²) in [7, 11) is 0. The minimum absolute atomic E-state index is 0.246. The number of alkyl halides is 2. The number of aryl methyl sites for hydroxylation is 2. The standard InChI is InChI=1S/C15H13BrF2N4O/c1-8-5-10(3-4-11(8)16)14-20-15(13-9(2)6-19-23-13)22(21-14)7-12(17)18/h3-6,12H,7H2,1-2H3. The van der Waals surface area contributed by atoms with Crippen LogP contribution in [-0.4, -0.2) is 26.3 Å². The zero-order chi connectivity index (χ0) is 16.6. The lowest BCUT2D eigenvalue weighted by atomic mass is 10.1. The lowest BCUT2D eigenvalue weighted by Crippen LogP contribution is -2.10. The molecule has 0 unspecified atom stereocenters. The summed E-state index contributed by atoms with van der Waals surface area (Å²) in [5.74, 6) is 0.959. The van der Waals surface area contributed by atoms with Crippen LogP contribution in [0.4, 0.5) is 8.78 Å². The van der Waals surface area contributed by atoms with Gasteiger partial charge in [0.15, 0.2) is 11.6 Å². The van der Waals surface area contributed by atoms with Crippen LogP contribution in [0, 0.1) is 13.8 Å². The fraction of sp³-hybridized carbons (Fsp3) is 0.267. The van der Waals surface area contributed by atoms with Crippen molar-refractivity contribution in [3.05, 3.63) is 40.0 Å². The van der Waals surface area contributed by atoms with Crippen molar-refractivity contribution >= 4 is 15.9 Å². The molecule has 0 radical (unpaired) electrons. The van der Waals surface area contributed by atoms with Gasteiger partial charge in [-0.1, -0.05) is 21.1 Å². The van der Waals surface area contributed by atoms with Crippen LogP contribution in [0.2, 0.25) is 0 Å². The Morgan fingerprint density at radius 3 is 2.65 bits per heavy atom. The predicted molar refractivity (Wildman–Crippen MR) is 84.1 cm³/mol. The van der Waals surface area contributed by atoms with Crippen molar-refractivity contribution in [2.45, 2.75) is 26.8 Å². The molecule has 0 amide bonds. The molecule has 2 heterocycles. The van der Waals surface area contributed by atoms with E-state index in [1.54, 1.807) is 6.92 Å². The van der Waals surface area contributed by atoms with Crippen LogP contribution >= 0.6 is 15.9 Å². The van der Waals surface area contributed by atoms with E-state index in [9.17, 15) is 8.78 Å². The van der Waals surface area contributed by atoms with Gasteiger partial charge in [0, 0.05) is 15.6 Å². The molecule has 0 fully saturated rings. The molecule has 0 bridgehead atoms. The molecule has 0 atom stereocenters. The van der Waals surface area contributed by atoms with E-state index in [2.05, 4.69) is 31.2 Å². The third kappa shape index (κ3) is 3.17. The molecule has 23 heavy (non-hydrogen) atoms.